The molecule has 3 rings (SSSR count). The Balaban J connectivity index is 1.80. The average Bonchev–Trinajstić information content (AvgIpc) is 3.29. The monoisotopic (exact) mass is 465 g/mol. The van der Waals surface area contributed by atoms with E-state index in [0.717, 1.165) is 17.7 Å². The molecule has 1 fully saturated rings. The fraction of sp³-hybridized carbons (Fsp3) is 0.455. The number of carbonyl (C=O) groups excluding carboxylic acids is 2. The van der Waals surface area contributed by atoms with Crippen LogP contribution in [-0.2, 0) is 19.4 Å². The molecule has 2 heterocycles. The molecule has 0 unspecified atom stereocenters. The summed E-state index contributed by atoms with van der Waals surface area (Å²) in [6.07, 6.45) is 1.51. The maximum Gasteiger partial charge on any atom is 0.341 e. The van der Waals surface area contributed by atoms with Gasteiger partial charge in [-0.2, -0.15) is 0 Å². The lowest BCUT2D eigenvalue weighted by Gasteiger charge is -2.11. The van der Waals surface area contributed by atoms with E-state index in [4.69, 9.17) is 9.47 Å². The Bertz CT molecular complexity index is 1030. The second-order valence-corrected chi connectivity index (χ2v) is 10.6. The molecule has 7 nitrogen and oxygen atoms in total. The molecule has 0 saturated carbocycles. The van der Waals surface area contributed by atoms with Gasteiger partial charge in [0.2, 0.25) is 5.91 Å². The smallest absolute Gasteiger partial charge is 0.341 e. The lowest BCUT2D eigenvalue weighted by molar-refractivity contribution is -0.116. The standard InChI is InChI=1S/C22H27NO6S2/c1-3-10-29-17-7-5-16(6-8-17)18-13-30-21(20(18)22(25)28-4-2)23-19(24)12-15-9-11-31(26,27)14-15/h5-8,13,15H,3-4,9-12,14H2,1-2H3,(H,23,24)/t15-/m1/s1. The molecule has 1 aliphatic heterocycles. The number of rotatable bonds is 9. The van der Waals surface area contributed by atoms with E-state index in [2.05, 4.69) is 5.32 Å². The number of benzene rings is 1. The molecule has 0 spiro atoms. The molecule has 168 valence electrons. The SMILES string of the molecule is CCCOc1ccc(-c2csc(NC(=O)C[C@H]3CCS(=O)(=O)C3)c2C(=O)OCC)cc1. The molecular formula is C22H27NO6S2. The summed E-state index contributed by atoms with van der Waals surface area (Å²) in [7, 11) is -3.05. The first kappa shape index (κ1) is 23.3. The molecule has 1 N–H and O–H groups in total. The summed E-state index contributed by atoms with van der Waals surface area (Å²) in [6, 6.07) is 7.42. The largest absolute Gasteiger partial charge is 0.494 e. The first-order valence-electron chi connectivity index (χ1n) is 10.3. The van der Waals surface area contributed by atoms with Crippen LogP contribution in [0.4, 0.5) is 5.00 Å². The van der Waals surface area contributed by atoms with Crippen molar-refractivity contribution >= 4 is 38.1 Å². The maximum atomic E-state index is 12.7. The summed E-state index contributed by atoms with van der Waals surface area (Å²) >= 11 is 1.25. The molecule has 1 amide bonds. The Labute approximate surface area is 186 Å². The van der Waals surface area contributed by atoms with Crippen LogP contribution in [0.5, 0.6) is 5.75 Å². The van der Waals surface area contributed by atoms with Gasteiger partial charge in [0, 0.05) is 17.4 Å². The number of anilines is 1. The Hall–Kier alpha value is -2.39. The molecule has 1 aromatic heterocycles. The average molecular weight is 466 g/mol. The number of thiophene rings is 1. The van der Waals surface area contributed by atoms with Crippen molar-refractivity contribution in [2.45, 2.75) is 33.1 Å². The van der Waals surface area contributed by atoms with Gasteiger partial charge >= 0.3 is 5.97 Å². The van der Waals surface area contributed by atoms with Crippen LogP contribution in [0.3, 0.4) is 0 Å². The van der Waals surface area contributed by atoms with E-state index in [0.29, 0.717) is 29.2 Å². The number of esters is 1. The van der Waals surface area contributed by atoms with Crippen molar-refractivity contribution in [1.82, 2.24) is 0 Å². The zero-order valence-electron chi connectivity index (χ0n) is 17.7. The van der Waals surface area contributed by atoms with E-state index in [9.17, 15) is 18.0 Å². The van der Waals surface area contributed by atoms with E-state index in [-0.39, 0.29) is 36.4 Å². The van der Waals surface area contributed by atoms with Gasteiger partial charge in [0.25, 0.3) is 0 Å². The van der Waals surface area contributed by atoms with Crippen LogP contribution < -0.4 is 10.1 Å². The lowest BCUT2D eigenvalue weighted by Crippen LogP contribution is -2.18. The van der Waals surface area contributed by atoms with Crippen molar-refractivity contribution in [1.29, 1.82) is 0 Å². The van der Waals surface area contributed by atoms with Gasteiger partial charge in [0.15, 0.2) is 9.84 Å². The predicted molar refractivity (Wildman–Crippen MR) is 122 cm³/mol. The van der Waals surface area contributed by atoms with Gasteiger partial charge in [-0.25, -0.2) is 13.2 Å². The number of carbonyl (C=O) groups is 2. The molecule has 1 saturated heterocycles. The van der Waals surface area contributed by atoms with Crippen molar-refractivity contribution in [3.63, 3.8) is 0 Å². The van der Waals surface area contributed by atoms with Crippen molar-refractivity contribution in [2.75, 3.05) is 30.0 Å². The number of ether oxygens (including phenoxy) is 2. The molecule has 0 radical (unpaired) electrons. The number of amides is 1. The predicted octanol–water partition coefficient (Wildman–Crippen LogP) is 4.14. The van der Waals surface area contributed by atoms with E-state index < -0.39 is 15.8 Å². The number of hydrogen-bond acceptors (Lipinski definition) is 7. The highest BCUT2D eigenvalue weighted by Crippen LogP contribution is 2.37. The summed E-state index contributed by atoms with van der Waals surface area (Å²) in [4.78, 5) is 25.2. The van der Waals surface area contributed by atoms with Gasteiger partial charge < -0.3 is 14.8 Å². The molecule has 2 aromatic rings. The summed E-state index contributed by atoms with van der Waals surface area (Å²) in [5.74, 6) is -0.0918. The molecule has 1 atom stereocenters. The van der Waals surface area contributed by atoms with Crippen LogP contribution in [0, 0.1) is 5.92 Å². The molecule has 1 aliphatic rings. The Morgan fingerprint density at radius 3 is 2.55 bits per heavy atom. The first-order valence-corrected chi connectivity index (χ1v) is 13.0. The summed E-state index contributed by atoms with van der Waals surface area (Å²) < 4.78 is 34.1. The number of sulfone groups is 1. The van der Waals surface area contributed by atoms with Crippen LogP contribution in [-0.4, -0.2) is 45.0 Å². The molecular weight excluding hydrogens is 438 g/mol. The third-order valence-electron chi connectivity index (χ3n) is 4.96. The topological polar surface area (TPSA) is 98.8 Å². The van der Waals surface area contributed by atoms with E-state index >= 15 is 0 Å². The minimum Gasteiger partial charge on any atom is -0.494 e. The summed E-state index contributed by atoms with van der Waals surface area (Å²) in [5.41, 5.74) is 1.79. The Morgan fingerprint density at radius 2 is 1.94 bits per heavy atom. The highest BCUT2D eigenvalue weighted by molar-refractivity contribution is 7.91. The second kappa shape index (κ2) is 10.3. The number of nitrogens with one attached hydrogen (secondary N) is 1. The van der Waals surface area contributed by atoms with E-state index in [1.807, 2.05) is 36.6 Å². The van der Waals surface area contributed by atoms with Crippen molar-refractivity contribution in [3.8, 4) is 16.9 Å². The summed E-state index contributed by atoms with van der Waals surface area (Å²) in [6.45, 7) is 4.60. The van der Waals surface area contributed by atoms with Gasteiger partial charge in [-0.1, -0.05) is 19.1 Å². The minimum atomic E-state index is -3.05. The zero-order chi connectivity index (χ0) is 22.4. The van der Waals surface area contributed by atoms with Gasteiger partial charge in [-0.15, -0.1) is 11.3 Å². The molecule has 0 aliphatic carbocycles. The van der Waals surface area contributed by atoms with Crippen LogP contribution in [0.2, 0.25) is 0 Å². The van der Waals surface area contributed by atoms with Crippen molar-refractivity contribution in [2.24, 2.45) is 5.92 Å². The minimum absolute atomic E-state index is 0.0350. The summed E-state index contributed by atoms with van der Waals surface area (Å²) in [5, 5.41) is 5.01. The zero-order valence-corrected chi connectivity index (χ0v) is 19.3. The Kier molecular flexibility index (Phi) is 7.72. The highest BCUT2D eigenvalue weighted by Gasteiger charge is 2.30. The lowest BCUT2D eigenvalue weighted by atomic mass is 10.0. The molecule has 9 heteroatoms. The third kappa shape index (κ3) is 6.07. The van der Waals surface area contributed by atoms with Gasteiger partial charge in [-0.05, 0) is 43.4 Å². The molecule has 31 heavy (non-hydrogen) atoms. The third-order valence-corrected chi connectivity index (χ3v) is 7.69. The molecule has 1 aromatic carbocycles. The van der Waals surface area contributed by atoms with E-state index in [1.165, 1.54) is 11.3 Å². The van der Waals surface area contributed by atoms with Gasteiger partial charge in [0.05, 0.1) is 24.7 Å². The quantitative estimate of drug-likeness (QED) is 0.559. The second-order valence-electron chi connectivity index (χ2n) is 7.47. The van der Waals surface area contributed by atoms with Crippen LogP contribution >= 0.6 is 11.3 Å². The molecule has 0 bridgehead atoms. The normalized spacial score (nSPS) is 17.3. The van der Waals surface area contributed by atoms with Crippen molar-refractivity contribution < 1.29 is 27.5 Å². The fourth-order valence-electron chi connectivity index (χ4n) is 3.49. The number of hydrogen-bond donors (Lipinski definition) is 1. The van der Waals surface area contributed by atoms with Gasteiger partial charge in [0.1, 0.15) is 16.3 Å². The first-order chi connectivity index (χ1) is 14.8. The Morgan fingerprint density at radius 1 is 1.19 bits per heavy atom. The van der Waals surface area contributed by atoms with Crippen LogP contribution in [0.1, 0.15) is 43.5 Å². The van der Waals surface area contributed by atoms with E-state index in [1.54, 1.807) is 6.92 Å². The van der Waals surface area contributed by atoms with Crippen LogP contribution in [0.15, 0.2) is 29.6 Å². The van der Waals surface area contributed by atoms with Crippen LogP contribution in [0.25, 0.3) is 11.1 Å². The van der Waals surface area contributed by atoms with Gasteiger partial charge in [-0.3, -0.25) is 4.79 Å². The maximum absolute atomic E-state index is 12.7. The van der Waals surface area contributed by atoms with Crippen molar-refractivity contribution in [3.05, 3.63) is 35.2 Å². The highest BCUT2D eigenvalue weighted by atomic mass is 32.2. The fourth-order valence-corrected chi connectivity index (χ4v) is 6.33.